The van der Waals surface area contributed by atoms with E-state index in [0.29, 0.717) is 12.6 Å². The summed E-state index contributed by atoms with van der Waals surface area (Å²) in [5.41, 5.74) is 2.45. The zero-order valence-corrected chi connectivity index (χ0v) is 12.1. The molecule has 1 aromatic heterocycles. The van der Waals surface area contributed by atoms with Crippen LogP contribution in [0.3, 0.4) is 0 Å². The summed E-state index contributed by atoms with van der Waals surface area (Å²) in [6.07, 6.45) is 3.74. The molecule has 4 N–H and O–H groups in total. The molecule has 1 aromatic rings. The summed E-state index contributed by atoms with van der Waals surface area (Å²) in [4.78, 5) is 10.6. The average molecular weight is 332 g/mol. The maximum absolute atomic E-state index is 8.74. The predicted octanol–water partition coefficient (Wildman–Crippen LogP) is 0.502. The number of aliphatic hydroxyl groups is 1. The minimum Gasteiger partial charge on any atom is -0.394 e. The molecule has 2 heterocycles. The third-order valence-electron chi connectivity index (χ3n) is 3.04. The van der Waals surface area contributed by atoms with Gasteiger partial charge in [0.2, 0.25) is 5.95 Å². The first-order valence-corrected chi connectivity index (χ1v) is 7.00. The van der Waals surface area contributed by atoms with Gasteiger partial charge >= 0.3 is 0 Å². The third kappa shape index (κ3) is 3.75. The van der Waals surface area contributed by atoms with Crippen LogP contribution < -0.4 is 16.2 Å². The summed E-state index contributed by atoms with van der Waals surface area (Å²) in [5.74, 6) is 6.56. The Bertz CT molecular complexity index is 412. The Kier molecular flexibility index (Phi) is 5.32. The van der Waals surface area contributed by atoms with E-state index in [4.69, 9.17) is 15.7 Å². The topological polar surface area (TPSA) is 96.5 Å². The molecule has 0 amide bonds. The number of halogens is 1. The number of rotatable bonds is 5. The Morgan fingerprint density at radius 1 is 1.53 bits per heavy atom. The molecule has 1 aliphatic rings. The van der Waals surface area contributed by atoms with Gasteiger partial charge in [0.15, 0.2) is 0 Å². The number of hydrogen-bond acceptors (Lipinski definition) is 7. The molecule has 0 spiro atoms. The van der Waals surface area contributed by atoms with Crippen molar-refractivity contribution in [2.75, 3.05) is 36.6 Å². The molecule has 1 aliphatic heterocycles. The summed E-state index contributed by atoms with van der Waals surface area (Å²) in [7, 11) is 0. The van der Waals surface area contributed by atoms with Crippen LogP contribution in [0.5, 0.6) is 0 Å². The smallest absolute Gasteiger partial charge is 0.239 e. The van der Waals surface area contributed by atoms with E-state index >= 15 is 0 Å². The molecule has 0 aliphatic carbocycles. The molecule has 19 heavy (non-hydrogen) atoms. The number of anilines is 2. The molecule has 0 atom stereocenters. The fourth-order valence-corrected chi connectivity index (χ4v) is 2.54. The van der Waals surface area contributed by atoms with Gasteiger partial charge in [0.25, 0.3) is 0 Å². The lowest BCUT2D eigenvalue weighted by molar-refractivity contribution is 0.0158. The first-order chi connectivity index (χ1) is 9.24. The van der Waals surface area contributed by atoms with Crippen LogP contribution in [-0.2, 0) is 4.74 Å². The van der Waals surface area contributed by atoms with E-state index in [2.05, 4.69) is 36.2 Å². The van der Waals surface area contributed by atoms with E-state index < -0.39 is 0 Å². The molecule has 0 aromatic carbocycles. The van der Waals surface area contributed by atoms with Crippen LogP contribution >= 0.6 is 15.9 Å². The minimum atomic E-state index is 0.0726. The molecule has 106 valence electrons. The van der Waals surface area contributed by atoms with Crippen LogP contribution in [-0.4, -0.2) is 47.5 Å². The highest BCUT2D eigenvalue weighted by molar-refractivity contribution is 9.10. The number of nitrogens with two attached hydrogens (primary N) is 1. The fourth-order valence-electron chi connectivity index (χ4n) is 2.10. The number of hydrazine groups is 1. The largest absolute Gasteiger partial charge is 0.394 e. The Morgan fingerprint density at radius 2 is 2.26 bits per heavy atom. The van der Waals surface area contributed by atoms with Crippen LogP contribution in [0.4, 0.5) is 11.8 Å². The quantitative estimate of drug-likeness (QED) is 0.534. The first-order valence-electron chi connectivity index (χ1n) is 6.21. The van der Waals surface area contributed by atoms with Crippen LogP contribution in [0, 0.1) is 0 Å². The van der Waals surface area contributed by atoms with Gasteiger partial charge in [-0.2, -0.15) is 4.98 Å². The van der Waals surface area contributed by atoms with Crippen molar-refractivity contribution in [1.82, 2.24) is 9.97 Å². The van der Waals surface area contributed by atoms with E-state index in [0.717, 1.165) is 36.2 Å². The molecular weight excluding hydrogens is 314 g/mol. The highest BCUT2D eigenvalue weighted by atomic mass is 79.9. The van der Waals surface area contributed by atoms with Crippen molar-refractivity contribution in [3.05, 3.63) is 10.7 Å². The van der Waals surface area contributed by atoms with E-state index in [1.807, 2.05) is 0 Å². The van der Waals surface area contributed by atoms with Crippen molar-refractivity contribution < 1.29 is 9.84 Å². The molecule has 0 bridgehead atoms. The number of piperidine rings is 1. The van der Waals surface area contributed by atoms with Crippen LogP contribution in [0.15, 0.2) is 10.7 Å². The number of aromatic nitrogens is 2. The predicted molar refractivity (Wildman–Crippen MR) is 75.8 cm³/mol. The average Bonchev–Trinajstić information content (AvgIpc) is 2.46. The molecule has 1 fully saturated rings. The second-order valence-corrected chi connectivity index (χ2v) is 5.14. The number of nitrogen functional groups attached to an aromatic ring is 1. The normalized spacial score (nSPS) is 16.7. The van der Waals surface area contributed by atoms with Gasteiger partial charge in [-0.25, -0.2) is 10.8 Å². The monoisotopic (exact) mass is 331 g/mol. The van der Waals surface area contributed by atoms with Crippen molar-refractivity contribution in [3.63, 3.8) is 0 Å². The summed E-state index contributed by atoms with van der Waals surface area (Å²) >= 11 is 3.45. The summed E-state index contributed by atoms with van der Waals surface area (Å²) in [6.45, 7) is 2.19. The Morgan fingerprint density at radius 3 is 2.89 bits per heavy atom. The number of aliphatic hydroxyl groups excluding tert-OH is 1. The van der Waals surface area contributed by atoms with Gasteiger partial charge in [0, 0.05) is 19.3 Å². The summed E-state index contributed by atoms with van der Waals surface area (Å²) in [5, 5.41) is 8.74. The van der Waals surface area contributed by atoms with Gasteiger partial charge < -0.3 is 14.7 Å². The van der Waals surface area contributed by atoms with E-state index in [-0.39, 0.29) is 12.7 Å². The Balaban J connectivity index is 1.97. The second-order valence-electron chi connectivity index (χ2n) is 4.29. The second kappa shape index (κ2) is 6.99. The maximum atomic E-state index is 8.74. The van der Waals surface area contributed by atoms with Gasteiger partial charge in [-0.15, -0.1) is 0 Å². The van der Waals surface area contributed by atoms with Crippen molar-refractivity contribution in [3.8, 4) is 0 Å². The summed E-state index contributed by atoms with van der Waals surface area (Å²) in [6, 6.07) is 0. The Labute approximate surface area is 120 Å². The van der Waals surface area contributed by atoms with Crippen LogP contribution in [0.1, 0.15) is 12.8 Å². The molecule has 2 rings (SSSR count). The zero-order chi connectivity index (χ0) is 13.7. The fraction of sp³-hybridized carbons (Fsp3) is 0.636. The van der Waals surface area contributed by atoms with Crippen molar-refractivity contribution in [2.24, 2.45) is 5.84 Å². The minimum absolute atomic E-state index is 0.0726. The molecule has 0 radical (unpaired) electrons. The van der Waals surface area contributed by atoms with E-state index in [1.54, 1.807) is 6.20 Å². The standard InChI is InChI=1S/C11H18BrN5O2/c12-9-7-14-11(16-13)15-10(9)17-3-1-8(2-4-17)19-6-5-18/h7-8,18H,1-6,13H2,(H,14,15,16). The van der Waals surface area contributed by atoms with E-state index in [9.17, 15) is 0 Å². The zero-order valence-electron chi connectivity index (χ0n) is 10.5. The van der Waals surface area contributed by atoms with Crippen molar-refractivity contribution >= 4 is 27.7 Å². The summed E-state index contributed by atoms with van der Waals surface area (Å²) < 4.78 is 6.39. The van der Waals surface area contributed by atoms with Gasteiger partial charge in [0.1, 0.15) is 5.82 Å². The molecule has 1 saturated heterocycles. The third-order valence-corrected chi connectivity index (χ3v) is 3.60. The highest BCUT2D eigenvalue weighted by Crippen LogP contribution is 2.27. The number of hydrogen-bond donors (Lipinski definition) is 3. The van der Waals surface area contributed by atoms with Crippen LogP contribution in [0.2, 0.25) is 0 Å². The maximum Gasteiger partial charge on any atom is 0.239 e. The van der Waals surface area contributed by atoms with Gasteiger partial charge in [-0.3, -0.25) is 5.43 Å². The van der Waals surface area contributed by atoms with Crippen LogP contribution in [0.25, 0.3) is 0 Å². The van der Waals surface area contributed by atoms with Gasteiger partial charge in [-0.05, 0) is 28.8 Å². The SMILES string of the molecule is NNc1ncc(Br)c(N2CCC(OCCO)CC2)n1. The molecule has 8 heteroatoms. The molecular formula is C11H18BrN5O2. The molecule has 0 saturated carbocycles. The lowest BCUT2D eigenvalue weighted by Crippen LogP contribution is -2.38. The molecule has 0 unspecified atom stereocenters. The molecule has 7 nitrogen and oxygen atoms in total. The lowest BCUT2D eigenvalue weighted by atomic mass is 10.1. The van der Waals surface area contributed by atoms with E-state index in [1.165, 1.54) is 0 Å². The highest BCUT2D eigenvalue weighted by Gasteiger charge is 2.22. The number of nitrogens with one attached hydrogen (secondary N) is 1. The first kappa shape index (κ1) is 14.4. The van der Waals surface area contributed by atoms with Gasteiger partial charge in [-0.1, -0.05) is 0 Å². The number of nitrogens with zero attached hydrogens (tertiary/aromatic N) is 3. The Hall–Kier alpha value is -0.960. The van der Waals surface area contributed by atoms with Crippen molar-refractivity contribution in [1.29, 1.82) is 0 Å². The lowest BCUT2D eigenvalue weighted by Gasteiger charge is -2.33. The van der Waals surface area contributed by atoms with Gasteiger partial charge in [0.05, 0.1) is 23.8 Å². The van der Waals surface area contributed by atoms with Crippen molar-refractivity contribution in [2.45, 2.75) is 18.9 Å². The number of ether oxygens (including phenoxy) is 1.